The number of halogens is 1. The van der Waals surface area contributed by atoms with Gasteiger partial charge in [-0.25, -0.2) is 0 Å². The topological polar surface area (TPSA) is 75.4 Å². The summed E-state index contributed by atoms with van der Waals surface area (Å²) >= 11 is 6.10. The molecule has 2 aromatic rings. The minimum absolute atomic E-state index is 0.0603. The van der Waals surface area contributed by atoms with Gasteiger partial charge in [0.2, 0.25) is 11.8 Å². The number of carbonyl (C=O) groups is 2. The molecule has 6 heteroatoms. The van der Waals surface area contributed by atoms with Gasteiger partial charge < -0.3 is 16.0 Å². The zero-order valence-corrected chi connectivity index (χ0v) is 14.5. The van der Waals surface area contributed by atoms with Crippen LogP contribution in [-0.4, -0.2) is 29.8 Å². The zero-order valence-electron chi connectivity index (χ0n) is 13.7. The van der Waals surface area contributed by atoms with Crippen molar-refractivity contribution < 1.29 is 9.59 Å². The number of rotatable bonds is 4. The SMILES string of the molecule is NCC(=O)NCC(=O)N1Cc2cc(Cl)ccc2CC1c1ccccc1. The third kappa shape index (κ3) is 4.00. The van der Waals surface area contributed by atoms with Crippen LogP contribution in [-0.2, 0) is 22.6 Å². The van der Waals surface area contributed by atoms with Crippen LogP contribution in [0.4, 0.5) is 0 Å². The third-order valence-electron chi connectivity index (χ3n) is 4.43. The van der Waals surface area contributed by atoms with E-state index in [1.807, 2.05) is 48.5 Å². The molecule has 0 aromatic heterocycles. The van der Waals surface area contributed by atoms with Gasteiger partial charge in [0.15, 0.2) is 0 Å². The number of amides is 2. The number of fused-ring (bicyclic) bond motifs is 1. The van der Waals surface area contributed by atoms with Crippen molar-refractivity contribution in [3.05, 3.63) is 70.2 Å². The Hall–Kier alpha value is -2.37. The summed E-state index contributed by atoms with van der Waals surface area (Å²) in [5.74, 6) is -0.480. The fourth-order valence-corrected chi connectivity index (χ4v) is 3.33. The van der Waals surface area contributed by atoms with Gasteiger partial charge in [-0.15, -0.1) is 0 Å². The molecule has 0 saturated heterocycles. The molecule has 0 saturated carbocycles. The van der Waals surface area contributed by atoms with Crippen molar-refractivity contribution in [2.45, 2.75) is 19.0 Å². The second-order valence-electron chi connectivity index (χ2n) is 6.05. The van der Waals surface area contributed by atoms with Gasteiger partial charge in [-0.3, -0.25) is 9.59 Å². The van der Waals surface area contributed by atoms with Crippen molar-refractivity contribution in [2.24, 2.45) is 5.73 Å². The van der Waals surface area contributed by atoms with Gasteiger partial charge in [0.1, 0.15) is 0 Å². The Labute approximate surface area is 151 Å². The van der Waals surface area contributed by atoms with E-state index < -0.39 is 0 Å². The second-order valence-corrected chi connectivity index (χ2v) is 6.48. The summed E-state index contributed by atoms with van der Waals surface area (Å²) in [6, 6.07) is 15.6. The van der Waals surface area contributed by atoms with E-state index in [1.165, 1.54) is 5.56 Å². The number of nitrogens with zero attached hydrogens (tertiary/aromatic N) is 1. The largest absolute Gasteiger partial charge is 0.346 e. The summed E-state index contributed by atoms with van der Waals surface area (Å²) in [5, 5.41) is 3.21. The predicted octanol–water partition coefficient (Wildman–Crippen LogP) is 2.04. The second kappa shape index (κ2) is 7.68. The van der Waals surface area contributed by atoms with Crippen molar-refractivity contribution in [2.75, 3.05) is 13.1 Å². The minimum atomic E-state index is -0.343. The average molecular weight is 358 g/mol. The summed E-state index contributed by atoms with van der Waals surface area (Å²) in [6.45, 7) is 0.274. The molecule has 1 aliphatic rings. The minimum Gasteiger partial charge on any atom is -0.346 e. The van der Waals surface area contributed by atoms with E-state index in [-0.39, 0.29) is 30.9 Å². The van der Waals surface area contributed by atoms with Crippen LogP contribution in [0.1, 0.15) is 22.7 Å². The van der Waals surface area contributed by atoms with Crippen LogP contribution in [0.3, 0.4) is 0 Å². The van der Waals surface area contributed by atoms with Gasteiger partial charge in [0.05, 0.1) is 19.1 Å². The first-order valence-corrected chi connectivity index (χ1v) is 8.54. The molecule has 25 heavy (non-hydrogen) atoms. The van der Waals surface area contributed by atoms with Crippen molar-refractivity contribution in [1.82, 2.24) is 10.2 Å². The van der Waals surface area contributed by atoms with E-state index in [4.69, 9.17) is 17.3 Å². The van der Waals surface area contributed by atoms with E-state index in [9.17, 15) is 9.59 Å². The standard InChI is InChI=1S/C19H20ClN3O2/c20-16-7-6-14-9-17(13-4-2-1-3-5-13)23(12-15(14)8-16)19(25)11-22-18(24)10-21/h1-8,17H,9-12,21H2,(H,22,24). The van der Waals surface area contributed by atoms with Gasteiger partial charge >= 0.3 is 0 Å². The van der Waals surface area contributed by atoms with E-state index in [1.54, 1.807) is 4.90 Å². The number of carbonyl (C=O) groups excluding carboxylic acids is 2. The number of hydrogen-bond donors (Lipinski definition) is 2. The maximum atomic E-state index is 12.7. The molecular weight excluding hydrogens is 338 g/mol. The smallest absolute Gasteiger partial charge is 0.242 e. The summed E-state index contributed by atoms with van der Waals surface area (Å²) in [6.07, 6.45) is 0.715. The molecule has 2 aromatic carbocycles. The van der Waals surface area contributed by atoms with Gasteiger partial charge in [-0.2, -0.15) is 0 Å². The lowest BCUT2D eigenvalue weighted by molar-refractivity contribution is -0.135. The van der Waals surface area contributed by atoms with Gasteiger partial charge in [-0.05, 0) is 35.2 Å². The highest BCUT2D eigenvalue weighted by atomic mass is 35.5. The van der Waals surface area contributed by atoms with Crippen LogP contribution in [0.2, 0.25) is 5.02 Å². The third-order valence-corrected chi connectivity index (χ3v) is 4.66. The number of hydrogen-bond acceptors (Lipinski definition) is 3. The molecule has 1 atom stereocenters. The Morgan fingerprint density at radius 1 is 1.16 bits per heavy atom. The molecule has 0 aliphatic carbocycles. The number of benzene rings is 2. The van der Waals surface area contributed by atoms with Gasteiger partial charge in [0.25, 0.3) is 0 Å². The fraction of sp³-hybridized carbons (Fsp3) is 0.263. The first kappa shape index (κ1) is 17.5. The Balaban J connectivity index is 1.88. The highest BCUT2D eigenvalue weighted by Gasteiger charge is 2.30. The van der Waals surface area contributed by atoms with E-state index >= 15 is 0 Å². The van der Waals surface area contributed by atoms with Crippen LogP contribution >= 0.6 is 11.6 Å². The molecule has 1 heterocycles. The predicted molar refractivity (Wildman–Crippen MR) is 97.0 cm³/mol. The first-order chi connectivity index (χ1) is 12.1. The molecule has 130 valence electrons. The molecular formula is C19H20ClN3O2. The van der Waals surface area contributed by atoms with Crippen LogP contribution in [0.25, 0.3) is 0 Å². The van der Waals surface area contributed by atoms with Crippen LogP contribution in [0, 0.1) is 0 Å². The zero-order chi connectivity index (χ0) is 17.8. The van der Waals surface area contributed by atoms with Crippen LogP contribution < -0.4 is 11.1 Å². The Bertz CT molecular complexity index is 779. The molecule has 3 rings (SSSR count). The lowest BCUT2D eigenvalue weighted by Crippen LogP contribution is -2.45. The summed E-state index contributed by atoms with van der Waals surface area (Å²) in [4.78, 5) is 25.9. The maximum absolute atomic E-state index is 12.7. The van der Waals surface area contributed by atoms with Crippen LogP contribution in [0.5, 0.6) is 0 Å². The monoisotopic (exact) mass is 357 g/mol. The van der Waals surface area contributed by atoms with E-state index in [2.05, 4.69) is 5.32 Å². The van der Waals surface area contributed by atoms with Crippen molar-refractivity contribution >= 4 is 23.4 Å². The molecule has 0 spiro atoms. The molecule has 0 bridgehead atoms. The summed E-state index contributed by atoms with van der Waals surface area (Å²) < 4.78 is 0. The molecule has 3 N–H and O–H groups in total. The Morgan fingerprint density at radius 2 is 1.92 bits per heavy atom. The van der Waals surface area contributed by atoms with Gasteiger partial charge in [0, 0.05) is 11.6 Å². The van der Waals surface area contributed by atoms with E-state index in [0.29, 0.717) is 18.0 Å². The molecule has 1 unspecified atom stereocenters. The molecule has 0 radical (unpaired) electrons. The lowest BCUT2D eigenvalue weighted by Gasteiger charge is -2.37. The molecule has 5 nitrogen and oxygen atoms in total. The van der Waals surface area contributed by atoms with Crippen LogP contribution in [0.15, 0.2) is 48.5 Å². The highest BCUT2D eigenvalue weighted by molar-refractivity contribution is 6.30. The molecule has 1 aliphatic heterocycles. The highest BCUT2D eigenvalue weighted by Crippen LogP contribution is 2.34. The quantitative estimate of drug-likeness (QED) is 0.879. The average Bonchev–Trinajstić information content (AvgIpc) is 2.65. The van der Waals surface area contributed by atoms with Crippen molar-refractivity contribution in [3.63, 3.8) is 0 Å². The first-order valence-electron chi connectivity index (χ1n) is 8.17. The van der Waals surface area contributed by atoms with Crippen molar-refractivity contribution in [1.29, 1.82) is 0 Å². The number of nitrogens with two attached hydrogens (primary N) is 1. The molecule has 0 fully saturated rings. The summed E-state index contributed by atoms with van der Waals surface area (Å²) in [7, 11) is 0. The maximum Gasteiger partial charge on any atom is 0.242 e. The Morgan fingerprint density at radius 3 is 2.64 bits per heavy atom. The molecule has 2 amide bonds. The summed E-state index contributed by atoms with van der Waals surface area (Å²) in [5.41, 5.74) is 8.58. The Kier molecular flexibility index (Phi) is 5.36. The van der Waals surface area contributed by atoms with Crippen molar-refractivity contribution in [3.8, 4) is 0 Å². The number of nitrogens with one attached hydrogen (secondary N) is 1. The fourth-order valence-electron chi connectivity index (χ4n) is 3.14. The van der Waals surface area contributed by atoms with Gasteiger partial charge in [-0.1, -0.05) is 48.0 Å². The normalized spacial score (nSPS) is 16.2. The van der Waals surface area contributed by atoms with E-state index in [0.717, 1.165) is 11.1 Å². The lowest BCUT2D eigenvalue weighted by atomic mass is 9.90.